The van der Waals surface area contributed by atoms with Crippen molar-refractivity contribution in [2.75, 3.05) is 5.94 Å². The van der Waals surface area contributed by atoms with Crippen LogP contribution in [0.4, 0.5) is 0 Å². The van der Waals surface area contributed by atoms with Gasteiger partial charge in [-0.2, -0.15) is 0 Å². The number of thioether (sulfide) groups is 1. The van der Waals surface area contributed by atoms with Crippen molar-refractivity contribution in [3.63, 3.8) is 0 Å². The number of aromatic amines is 1. The van der Waals surface area contributed by atoms with Crippen LogP contribution < -0.4 is 10.3 Å². The van der Waals surface area contributed by atoms with E-state index in [2.05, 4.69) is 49.1 Å². The van der Waals surface area contributed by atoms with Crippen LogP contribution in [0.25, 0.3) is 17.0 Å². The second kappa shape index (κ2) is 8.23. The summed E-state index contributed by atoms with van der Waals surface area (Å²) in [5.41, 5.74) is 4.84. The first-order valence-corrected chi connectivity index (χ1v) is 11.1. The topological polar surface area (TPSA) is 72.3 Å². The lowest BCUT2D eigenvalue weighted by Crippen LogP contribution is -2.10. The normalized spacial score (nSPS) is 11.8. The Morgan fingerprint density at radius 3 is 2.32 bits per heavy atom. The minimum absolute atomic E-state index is 0.0732. The van der Waals surface area contributed by atoms with Crippen LogP contribution >= 0.6 is 11.8 Å². The molecule has 0 radical (unpaired) electrons. The minimum Gasteiger partial charge on any atom is -0.483 e. The minimum atomic E-state index is -0.216. The van der Waals surface area contributed by atoms with Gasteiger partial charge < -0.3 is 4.74 Å². The van der Waals surface area contributed by atoms with Crippen molar-refractivity contribution < 1.29 is 4.74 Å². The number of ether oxygens (including phenoxy) is 1. The Hall–Kier alpha value is -3.06. The molecule has 0 saturated heterocycles. The number of hydrogen-bond donors (Lipinski definition) is 1. The maximum Gasteiger partial charge on any atom is 0.266 e. The van der Waals surface area contributed by atoms with Gasteiger partial charge in [-0.25, -0.2) is 14.5 Å². The van der Waals surface area contributed by atoms with Gasteiger partial charge in [-0.15, -0.1) is 0 Å². The zero-order valence-electron chi connectivity index (χ0n) is 18.4. The van der Waals surface area contributed by atoms with Crippen molar-refractivity contribution in [2.45, 2.75) is 45.2 Å². The summed E-state index contributed by atoms with van der Waals surface area (Å²) in [5.74, 6) is 1.75. The maximum absolute atomic E-state index is 11.9. The molecule has 0 aliphatic heterocycles. The Bertz CT molecular complexity index is 1260. The van der Waals surface area contributed by atoms with Crippen molar-refractivity contribution in [3.05, 3.63) is 75.6 Å². The molecular formula is C24H26N4O2S. The van der Waals surface area contributed by atoms with E-state index in [0.717, 1.165) is 22.4 Å². The number of aryl methyl sites for hydroxylation is 2. The molecule has 2 heterocycles. The SMILES string of the molecule is Cc1cc(C)cc(OCSc2nc(-c3ccc(C(C)(C)C)cc3)nc3cc(=O)[nH]n23)c1. The Balaban J connectivity index is 1.62. The number of benzene rings is 2. The lowest BCUT2D eigenvalue weighted by molar-refractivity contribution is 0.391. The van der Waals surface area contributed by atoms with Crippen molar-refractivity contribution in [1.82, 2.24) is 19.6 Å². The summed E-state index contributed by atoms with van der Waals surface area (Å²) >= 11 is 1.41. The van der Waals surface area contributed by atoms with Crippen molar-refractivity contribution in [1.29, 1.82) is 0 Å². The summed E-state index contributed by atoms with van der Waals surface area (Å²) in [5, 5.41) is 3.38. The monoisotopic (exact) mass is 434 g/mol. The average molecular weight is 435 g/mol. The fourth-order valence-electron chi connectivity index (χ4n) is 3.40. The molecule has 1 N–H and O–H groups in total. The van der Waals surface area contributed by atoms with Gasteiger partial charge in [0.05, 0.1) is 0 Å². The Labute approximate surface area is 185 Å². The Morgan fingerprint density at radius 1 is 1.00 bits per heavy atom. The molecule has 0 fully saturated rings. The highest BCUT2D eigenvalue weighted by Crippen LogP contribution is 2.27. The molecule has 0 atom stereocenters. The van der Waals surface area contributed by atoms with Crippen LogP contribution in [0.3, 0.4) is 0 Å². The van der Waals surface area contributed by atoms with Gasteiger partial charge in [0.25, 0.3) is 5.56 Å². The molecule has 7 heteroatoms. The third kappa shape index (κ3) is 4.82. The van der Waals surface area contributed by atoms with Crippen LogP contribution in [-0.4, -0.2) is 25.5 Å². The van der Waals surface area contributed by atoms with Crippen LogP contribution in [0.1, 0.15) is 37.5 Å². The fourth-order valence-corrected chi connectivity index (χ4v) is 4.12. The zero-order valence-corrected chi connectivity index (χ0v) is 19.2. The fraction of sp³-hybridized carbons (Fsp3) is 0.292. The molecule has 4 rings (SSSR count). The molecule has 160 valence electrons. The zero-order chi connectivity index (χ0) is 22.2. The molecule has 0 aliphatic rings. The van der Waals surface area contributed by atoms with E-state index >= 15 is 0 Å². The second-order valence-electron chi connectivity index (χ2n) is 8.70. The predicted molar refractivity (Wildman–Crippen MR) is 125 cm³/mol. The van der Waals surface area contributed by atoms with E-state index in [1.54, 1.807) is 4.52 Å². The number of nitrogens with one attached hydrogen (secondary N) is 1. The summed E-state index contributed by atoms with van der Waals surface area (Å²) in [7, 11) is 0. The van der Waals surface area contributed by atoms with E-state index in [-0.39, 0.29) is 11.0 Å². The summed E-state index contributed by atoms with van der Waals surface area (Å²) in [6.45, 7) is 10.6. The largest absolute Gasteiger partial charge is 0.483 e. The molecule has 2 aromatic carbocycles. The maximum atomic E-state index is 11.9. The average Bonchev–Trinajstić information content (AvgIpc) is 3.07. The number of nitrogens with zero attached hydrogens (tertiary/aromatic N) is 3. The lowest BCUT2D eigenvalue weighted by Gasteiger charge is -2.19. The predicted octanol–water partition coefficient (Wildman–Crippen LogP) is 5.13. The molecule has 0 amide bonds. The molecular weight excluding hydrogens is 408 g/mol. The van der Waals surface area contributed by atoms with E-state index in [9.17, 15) is 4.79 Å². The number of hydrogen-bond acceptors (Lipinski definition) is 5. The van der Waals surface area contributed by atoms with Gasteiger partial charge in [-0.05, 0) is 59.8 Å². The molecule has 31 heavy (non-hydrogen) atoms. The summed E-state index contributed by atoms with van der Waals surface area (Å²) in [4.78, 5) is 21.2. The third-order valence-electron chi connectivity index (χ3n) is 4.94. The molecule has 0 bridgehead atoms. The van der Waals surface area contributed by atoms with Gasteiger partial charge in [0.15, 0.2) is 16.6 Å². The van der Waals surface area contributed by atoms with Gasteiger partial charge in [-0.3, -0.25) is 9.89 Å². The smallest absolute Gasteiger partial charge is 0.266 e. The Kier molecular flexibility index (Phi) is 5.62. The van der Waals surface area contributed by atoms with Crippen LogP contribution in [0.2, 0.25) is 0 Å². The molecule has 0 spiro atoms. The molecule has 0 aliphatic carbocycles. The van der Waals surface area contributed by atoms with Crippen LogP contribution in [0.5, 0.6) is 5.75 Å². The van der Waals surface area contributed by atoms with Gasteiger partial charge in [-0.1, -0.05) is 51.1 Å². The Morgan fingerprint density at radius 2 is 1.68 bits per heavy atom. The second-order valence-corrected chi connectivity index (χ2v) is 9.59. The van der Waals surface area contributed by atoms with Crippen molar-refractivity contribution in [2.24, 2.45) is 0 Å². The summed E-state index contributed by atoms with van der Waals surface area (Å²) in [6.07, 6.45) is 0. The van der Waals surface area contributed by atoms with E-state index < -0.39 is 0 Å². The molecule has 0 saturated carbocycles. The first-order valence-electron chi connectivity index (χ1n) is 10.1. The standard InChI is InChI=1S/C24H26N4O2S/c1-15-10-16(2)12-19(11-15)30-14-31-23-26-22(25-20-13-21(29)27-28(20)23)17-6-8-18(9-7-17)24(3,4)5/h6-13H,14H2,1-5H3,(H,27,29). The number of rotatable bonds is 5. The number of H-pyrrole nitrogens is 1. The van der Waals surface area contributed by atoms with E-state index in [0.29, 0.717) is 22.6 Å². The first-order chi connectivity index (χ1) is 14.7. The highest BCUT2D eigenvalue weighted by molar-refractivity contribution is 7.99. The van der Waals surface area contributed by atoms with Crippen LogP contribution in [0, 0.1) is 13.8 Å². The van der Waals surface area contributed by atoms with Crippen LogP contribution in [0.15, 0.2) is 58.5 Å². The van der Waals surface area contributed by atoms with Crippen molar-refractivity contribution >= 4 is 17.4 Å². The highest BCUT2D eigenvalue weighted by Gasteiger charge is 2.15. The van der Waals surface area contributed by atoms with Crippen molar-refractivity contribution in [3.8, 4) is 17.1 Å². The van der Waals surface area contributed by atoms with E-state index in [1.807, 2.05) is 38.1 Å². The number of fused-ring (bicyclic) bond motifs is 1. The van der Waals surface area contributed by atoms with Crippen LogP contribution in [-0.2, 0) is 5.41 Å². The lowest BCUT2D eigenvalue weighted by atomic mass is 9.87. The molecule has 0 unspecified atom stereocenters. The summed E-state index contributed by atoms with van der Waals surface area (Å²) in [6, 6.07) is 15.8. The molecule has 2 aromatic heterocycles. The molecule has 4 aromatic rings. The number of aromatic nitrogens is 4. The van der Waals surface area contributed by atoms with E-state index in [4.69, 9.17) is 9.72 Å². The van der Waals surface area contributed by atoms with E-state index in [1.165, 1.54) is 23.4 Å². The molecule has 6 nitrogen and oxygen atoms in total. The third-order valence-corrected chi connectivity index (χ3v) is 5.71. The van der Waals surface area contributed by atoms with Gasteiger partial charge in [0.1, 0.15) is 11.7 Å². The first kappa shape index (κ1) is 21.2. The quantitative estimate of drug-likeness (QED) is 0.348. The van der Waals surface area contributed by atoms with Gasteiger partial charge in [0, 0.05) is 11.6 Å². The van der Waals surface area contributed by atoms with Gasteiger partial charge >= 0.3 is 0 Å². The highest BCUT2D eigenvalue weighted by atomic mass is 32.2. The summed E-state index contributed by atoms with van der Waals surface area (Å²) < 4.78 is 7.53. The van der Waals surface area contributed by atoms with Gasteiger partial charge in [0.2, 0.25) is 0 Å².